The lowest BCUT2D eigenvalue weighted by atomic mass is 9.88. The number of aliphatic imine (C=N–C) groups is 1. The van der Waals surface area contributed by atoms with E-state index in [4.69, 9.17) is 0 Å². The van der Waals surface area contributed by atoms with E-state index in [-0.39, 0.29) is 29.9 Å². The predicted octanol–water partition coefficient (Wildman–Crippen LogP) is 3.77. The summed E-state index contributed by atoms with van der Waals surface area (Å²) < 4.78 is 0. The van der Waals surface area contributed by atoms with E-state index < -0.39 is 0 Å². The van der Waals surface area contributed by atoms with Gasteiger partial charge in [-0.2, -0.15) is 0 Å². The average Bonchev–Trinajstić information content (AvgIpc) is 3.34. The van der Waals surface area contributed by atoms with Crippen LogP contribution >= 0.6 is 35.3 Å². The first-order valence-electron chi connectivity index (χ1n) is 10.0. The minimum Gasteiger partial charge on any atom is -0.352 e. The fraction of sp³-hybridized carbons (Fsp3) is 0.700. The average molecular weight is 504 g/mol. The molecule has 1 aliphatic carbocycles. The molecular formula is C20H33IN4OS. The van der Waals surface area contributed by atoms with Crippen LogP contribution in [0.3, 0.4) is 0 Å². The molecule has 1 aliphatic heterocycles. The van der Waals surface area contributed by atoms with Crippen LogP contribution in [0.15, 0.2) is 17.1 Å². The maximum atomic E-state index is 12.7. The molecule has 0 aromatic carbocycles. The van der Waals surface area contributed by atoms with Gasteiger partial charge in [0, 0.05) is 41.9 Å². The Labute approximate surface area is 184 Å². The third-order valence-electron chi connectivity index (χ3n) is 5.51. The lowest BCUT2D eigenvalue weighted by Gasteiger charge is -2.26. The summed E-state index contributed by atoms with van der Waals surface area (Å²) in [4.78, 5) is 21.8. The van der Waals surface area contributed by atoms with Crippen LogP contribution < -0.4 is 10.6 Å². The SMILES string of the molecule is CCc1ccc(CNC(=NC)NC2CCN(C(=O)C3CCCCC3)C2)s1.I. The van der Waals surface area contributed by atoms with Gasteiger partial charge in [0.05, 0.1) is 6.54 Å². The normalized spacial score (nSPS) is 21.0. The third-order valence-corrected chi connectivity index (χ3v) is 6.74. The highest BCUT2D eigenvalue weighted by Gasteiger charge is 2.31. The molecular weight excluding hydrogens is 471 g/mol. The molecule has 2 N–H and O–H groups in total. The summed E-state index contributed by atoms with van der Waals surface area (Å²) >= 11 is 1.85. The van der Waals surface area contributed by atoms with Crippen LogP contribution in [0.1, 0.15) is 55.2 Å². The van der Waals surface area contributed by atoms with E-state index in [1.54, 1.807) is 7.05 Å². The first-order valence-corrected chi connectivity index (χ1v) is 10.8. The van der Waals surface area contributed by atoms with Crippen molar-refractivity contribution in [2.24, 2.45) is 10.9 Å². The van der Waals surface area contributed by atoms with Crippen LogP contribution in [-0.2, 0) is 17.8 Å². The highest BCUT2D eigenvalue weighted by Crippen LogP contribution is 2.26. The molecule has 1 atom stereocenters. The van der Waals surface area contributed by atoms with Gasteiger partial charge in [-0.3, -0.25) is 9.79 Å². The van der Waals surface area contributed by atoms with Crippen molar-refractivity contribution in [3.63, 3.8) is 0 Å². The van der Waals surface area contributed by atoms with Gasteiger partial charge in [-0.15, -0.1) is 35.3 Å². The second-order valence-electron chi connectivity index (χ2n) is 7.40. The summed E-state index contributed by atoms with van der Waals surface area (Å²) in [6.07, 6.45) is 7.97. The Morgan fingerprint density at radius 1 is 1.22 bits per heavy atom. The summed E-state index contributed by atoms with van der Waals surface area (Å²) in [5.41, 5.74) is 0. The maximum absolute atomic E-state index is 12.7. The number of hydrogen-bond acceptors (Lipinski definition) is 3. The Balaban J connectivity index is 0.00000261. The zero-order chi connectivity index (χ0) is 18.4. The first kappa shape index (κ1) is 22.5. The summed E-state index contributed by atoms with van der Waals surface area (Å²) in [6.45, 7) is 4.65. The molecule has 1 saturated carbocycles. The molecule has 1 unspecified atom stereocenters. The van der Waals surface area contributed by atoms with Gasteiger partial charge in [0.15, 0.2) is 5.96 Å². The predicted molar refractivity (Wildman–Crippen MR) is 124 cm³/mol. The monoisotopic (exact) mass is 504 g/mol. The number of hydrogen-bond donors (Lipinski definition) is 2. The molecule has 0 radical (unpaired) electrons. The number of carbonyl (C=O) groups is 1. The Hall–Kier alpha value is -0.830. The molecule has 5 nitrogen and oxygen atoms in total. The lowest BCUT2D eigenvalue weighted by Crippen LogP contribution is -2.45. The van der Waals surface area contributed by atoms with Gasteiger partial charge in [-0.05, 0) is 37.8 Å². The van der Waals surface area contributed by atoms with Crippen molar-refractivity contribution in [1.82, 2.24) is 15.5 Å². The number of aryl methyl sites for hydroxylation is 1. The number of rotatable bonds is 5. The third kappa shape index (κ3) is 6.34. The van der Waals surface area contributed by atoms with E-state index in [2.05, 4.69) is 39.6 Å². The molecule has 2 fully saturated rings. The van der Waals surface area contributed by atoms with E-state index in [0.29, 0.717) is 11.9 Å². The molecule has 27 heavy (non-hydrogen) atoms. The van der Waals surface area contributed by atoms with Crippen molar-refractivity contribution in [2.75, 3.05) is 20.1 Å². The summed E-state index contributed by atoms with van der Waals surface area (Å²) in [7, 11) is 1.81. The zero-order valence-electron chi connectivity index (χ0n) is 16.5. The highest BCUT2D eigenvalue weighted by molar-refractivity contribution is 14.0. The van der Waals surface area contributed by atoms with Crippen LogP contribution in [0.25, 0.3) is 0 Å². The number of carbonyl (C=O) groups excluding carboxylic acids is 1. The number of thiophene rings is 1. The molecule has 0 bridgehead atoms. The number of nitrogens with one attached hydrogen (secondary N) is 2. The van der Waals surface area contributed by atoms with Gasteiger partial charge in [0.2, 0.25) is 5.91 Å². The Kier molecular flexibility index (Phi) is 9.35. The van der Waals surface area contributed by atoms with E-state index >= 15 is 0 Å². The second-order valence-corrected chi connectivity index (χ2v) is 8.65. The summed E-state index contributed by atoms with van der Waals surface area (Å²) in [5, 5.41) is 6.90. The van der Waals surface area contributed by atoms with E-state index in [0.717, 1.165) is 51.3 Å². The quantitative estimate of drug-likeness (QED) is 0.365. The van der Waals surface area contributed by atoms with Gasteiger partial charge in [-0.1, -0.05) is 26.2 Å². The van der Waals surface area contributed by atoms with Crippen molar-refractivity contribution in [3.05, 3.63) is 21.9 Å². The number of nitrogens with zero attached hydrogens (tertiary/aromatic N) is 2. The standard InChI is InChI=1S/C20H32N4OS.HI/c1-3-17-9-10-18(26-17)13-22-20(21-2)23-16-11-12-24(14-16)19(25)15-7-5-4-6-8-15;/h9-10,15-16H,3-8,11-14H2,1-2H3,(H2,21,22,23);1H. The molecule has 2 heterocycles. The molecule has 3 rings (SSSR count). The van der Waals surface area contributed by atoms with Crippen LogP contribution in [0, 0.1) is 5.92 Å². The minimum atomic E-state index is 0. The van der Waals surface area contributed by atoms with E-state index in [1.807, 2.05) is 11.3 Å². The number of likely N-dealkylation sites (tertiary alicyclic amines) is 1. The molecule has 1 aromatic rings. The topological polar surface area (TPSA) is 56.7 Å². The van der Waals surface area contributed by atoms with E-state index in [9.17, 15) is 4.79 Å². The molecule has 1 aromatic heterocycles. The van der Waals surface area contributed by atoms with Crippen LogP contribution in [0.4, 0.5) is 0 Å². The zero-order valence-corrected chi connectivity index (χ0v) is 19.6. The van der Waals surface area contributed by atoms with Crippen LogP contribution in [0.5, 0.6) is 0 Å². The fourth-order valence-corrected chi connectivity index (χ4v) is 4.85. The van der Waals surface area contributed by atoms with Gasteiger partial charge >= 0.3 is 0 Å². The number of halogens is 1. The highest BCUT2D eigenvalue weighted by atomic mass is 127. The van der Waals surface area contributed by atoms with Crippen molar-refractivity contribution >= 4 is 47.2 Å². The first-order chi connectivity index (χ1) is 12.7. The molecule has 7 heteroatoms. The minimum absolute atomic E-state index is 0. The van der Waals surface area contributed by atoms with Gasteiger partial charge in [0.25, 0.3) is 0 Å². The molecule has 1 saturated heterocycles. The van der Waals surface area contributed by atoms with Gasteiger partial charge < -0.3 is 15.5 Å². The largest absolute Gasteiger partial charge is 0.352 e. The fourth-order valence-electron chi connectivity index (χ4n) is 3.95. The van der Waals surface area contributed by atoms with Crippen molar-refractivity contribution in [3.8, 4) is 0 Å². The van der Waals surface area contributed by atoms with Crippen molar-refractivity contribution in [2.45, 2.75) is 64.5 Å². The number of guanidine groups is 1. The number of amides is 1. The van der Waals surface area contributed by atoms with Gasteiger partial charge in [-0.25, -0.2) is 0 Å². The molecule has 1 amide bonds. The smallest absolute Gasteiger partial charge is 0.225 e. The Bertz CT molecular complexity index is 627. The molecule has 2 aliphatic rings. The Morgan fingerprint density at radius 2 is 1.96 bits per heavy atom. The van der Waals surface area contributed by atoms with Crippen LogP contribution in [0.2, 0.25) is 0 Å². The summed E-state index contributed by atoms with van der Waals surface area (Å²) in [6, 6.07) is 4.68. The van der Waals surface area contributed by atoms with Crippen LogP contribution in [-0.4, -0.2) is 42.9 Å². The van der Waals surface area contributed by atoms with Crippen molar-refractivity contribution in [1.29, 1.82) is 0 Å². The second kappa shape index (κ2) is 11.2. The molecule has 152 valence electrons. The van der Waals surface area contributed by atoms with E-state index in [1.165, 1.54) is 29.0 Å². The van der Waals surface area contributed by atoms with Crippen molar-refractivity contribution < 1.29 is 4.79 Å². The lowest BCUT2D eigenvalue weighted by molar-refractivity contribution is -0.135. The Morgan fingerprint density at radius 3 is 2.63 bits per heavy atom. The summed E-state index contributed by atoms with van der Waals surface area (Å²) in [5.74, 6) is 1.47. The molecule has 0 spiro atoms. The maximum Gasteiger partial charge on any atom is 0.225 e. The van der Waals surface area contributed by atoms with Gasteiger partial charge in [0.1, 0.15) is 0 Å².